The van der Waals surface area contributed by atoms with Gasteiger partial charge in [-0.1, -0.05) is 18.7 Å². The zero-order chi connectivity index (χ0) is 25.8. The SMILES string of the molecule is Cn1ccnc1SCC[C@]1(C)CC[C@@H](COc2ccc(OC(F)(F)F)cc2)[C@H](Cn2cncn2)C1=O. The van der Waals surface area contributed by atoms with Gasteiger partial charge in [-0.3, -0.25) is 9.48 Å². The molecule has 3 aromatic rings. The highest BCUT2D eigenvalue weighted by atomic mass is 32.2. The molecule has 12 heteroatoms. The van der Waals surface area contributed by atoms with E-state index in [1.54, 1.807) is 29.0 Å². The number of aryl methyl sites for hydroxylation is 1. The number of carbonyl (C=O) groups is 1. The summed E-state index contributed by atoms with van der Waals surface area (Å²) < 4.78 is 50.6. The fourth-order valence-electron chi connectivity index (χ4n) is 4.50. The van der Waals surface area contributed by atoms with Crippen molar-refractivity contribution in [3.63, 3.8) is 0 Å². The zero-order valence-electron chi connectivity index (χ0n) is 20.0. The van der Waals surface area contributed by atoms with Gasteiger partial charge in [0.05, 0.1) is 13.2 Å². The Kier molecular flexibility index (Phi) is 7.91. The van der Waals surface area contributed by atoms with Crippen molar-refractivity contribution in [2.45, 2.75) is 44.2 Å². The van der Waals surface area contributed by atoms with Crippen molar-refractivity contribution in [2.75, 3.05) is 12.4 Å². The second-order valence-corrected chi connectivity index (χ2v) is 10.3. The summed E-state index contributed by atoms with van der Waals surface area (Å²) in [6.07, 6.45) is 4.17. The van der Waals surface area contributed by atoms with Gasteiger partial charge in [-0.25, -0.2) is 9.97 Å². The molecule has 36 heavy (non-hydrogen) atoms. The van der Waals surface area contributed by atoms with E-state index in [1.165, 1.54) is 30.6 Å². The molecule has 0 aliphatic heterocycles. The number of Topliss-reactive ketones (excluding diaryl/α,β-unsaturated/α-hetero) is 1. The maximum Gasteiger partial charge on any atom is 0.573 e. The Hall–Kier alpha value is -3.02. The van der Waals surface area contributed by atoms with E-state index in [2.05, 4.69) is 19.8 Å². The van der Waals surface area contributed by atoms with E-state index in [1.807, 2.05) is 24.7 Å². The number of alkyl halides is 3. The third-order valence-corrected chi connectivity index (χ3v) is 7.66. The van der Waals surface area contributed by atoms with Gasteiger partial charge in [0.1, 0.15) is 29.9 Å². The van der Waals surface area contributed by atoms with Gasteiger partial charge in [-0.2, -0.15) is 5.10 Å². The summed E-state index contributed by atoms with van der Waals surface area (Å²) in [5, 5.41) is 5.10. The van der Waals surface area contributed by atoms with E-state index in [0.29, 0.717) is 12.3 Å². The van der Waals surface area contributed by atoms with Gasteiger partial charge in [0.2, 0.25) is 0 Å². The molecule has 1 aliphatic carbocycles. The summed E-state index contributed by atoms with van der Waals surface area (Å²) in [5.74, 6) is 0.658. The number of nitrogens with zero attached hydrogens (tertiary/aromatic N) is 5. The number of halogens is 3. The average Bonchev–Trinajstić information content (AvgIpc) is 3.48. The van der Waals surface area contributed by atoms with Crippen LogP contribution >= 0.6 is 11.8 Å². The lowest BCUT2D eigenvalue weighted by Gasteiger charge is -2.41. The van der Waals surface area contributed by atoms with Crippen molar-refractivity contribution >= 4 is 17.5 Å². The Morgan fingerprint density at radius 3 is 2.61 bits per heavy atom. The van der Waals surface area contributed by atoms with Crippen molar-refractivity contribution in [2.24, 2.45) is 24.3 Å². The van der Waals surface area contributed by atoms with E-state index in [0.717, 1.165) is 30.2 Å². The number of benzene rings is 1. The van der Waals surface area contributed by atoms with Gasteiger partial charge in [0.25, 0.3) is 0 Å². The van der Waals surface area contributed by atoms with E-state index in [-0.39, 0.29) is 30.0 Å². The maximum atomic E-state index is 13.8. The highest BCUT2D eigenvalue weighted by Crippen LogP contribution is 2.43. The number of hydrogen-bond acceptors (Lipinski definition) is 7. The van der Waals surface area contributed by atoms with Crippen LogP contribution in [0.25, 0.3) is 0 Å². The van der Waals surface area contributed by atoms with Crippen LogP contribution in [-0.4, -0.2) is 48.8 Å². The van der Waals surface area contributed by atoms with E-state index >= 15 is 0 Å². The van der Waals surface area contributed by atoms with Crippen LogP contribution in [0.2, 0.25) is 0 Å². The molecule has 4 rings (SSSR count). The predicted octanol–water partition coefficient (Wildman–Crippen LogP) is 4.77. The summed E-state index contributed by atoms with van der Waals surface area (Å²) in [5.41, 5.74) is -0.476. The molecule has 0 saturated heterocycles. The number of aromatic nitrogens is 5. The molecule has 1 saturated carbocycles. The molecule has 2 heterocycles. The molecule has 8 nitrogen and oxygen atoms in total. The number of carbonyl (C=O) groups excluding carboxylic acids is 1. The number of imidazole rings is 1. The van der Waals surface area contributed by atoms with Gasteiger partial charge in [-0.15, -0.1) is 13.2 Å². The zero-order valence-corrected chi connectivity index (χ0v) is 20.8. The van der Waals surface area contributed by atoms with E-state index < -0.39 is 11.8 Å². The quantitative estimate of drug-likeness (QED) is 0.354. The van der Waals surface area contributed by atoms with Crippen LogP contribution in [0.3, 0.4) is 0 Å². The van der Waals surface area contributed by atoms with Crippen LogP contribution in [-0.2, 0) is 18.4 Å². The smallest absolute Gasteiger partial charge is 0.493 e. The minimum Gasteiger partial charge on any atom is -0.493 e. The minimum atomic E-state index is -4.75. The monoisotopic (exact) mass is 523 g/mol. The first-order chi connectivity index (χ1) is 17.1. The van der Waals surface area contributed by atoms with Gasteiger partial charge in [0, 0.05) is 42.4 Å². The van der Waals surface area contributed by atoms with Gasteiger partial charge in [-0.05, 0) is 43.5 Å². The predicted molar refractivity (Wildman–Crippen MR) is 127 cm³/mol. The lowest BCUT2D eigenvalue weighted by Crippen LogP contribution is -2.46. The molecule has 2 aromatic heterocycles. The van der Waals surface area contributed by atoms with E-state index in [4.69, 9.17) is 4.74 Å². The Morgan fingerprint density at radius 2 is 1.97 bits per heavy atom. The number of hydrogen-bond donors (Lipinski definition) is 0. The van der Waals surface area contributed by atoms with Crippen molar-refractivity contribution < 1.29 is 27.4 Å². The van der Waals surface area contributed by atoms with Crippen molar-refractivity contribution in [3.8, 4) is 11.5 Å². The largest absolute Gasteiger partial charge is 0.573 e. The van der Waals surface area contributed by atoms with Crippen molar-refractivity contribution in [1.82, 2.24) is 24.3 Å². The summed E-state index contributed by atoms with van der Waals surface area (Å²) in [6.45, 7) is 2.69. The topological polar surface area (TPSA) is 84.1 Å². The standard InChI is InChI=1S/C24H28F3N5O3S/c1-23(9-12-36-22-29-10-11-31(22)2)8-7-17(20(21(23)33)13-32-16-28-15-30-32)14-34-18-3-5-19(6-4-18)35-24(25,26)27/h3-6,10-11,15-17,20H,7-9,12-14H2,1-2H3/t17-,20-,23-/m0/s1. The van der Waals surface area contributed by atoms with Crippen LogP contribution in [0.15, 0.2) is 54.5 Å². The highest BCUT2D eigenvalue weighted by molar-refractivity contribution is 7.99. The van der Waals surface area contributed by atoms with Crippen LogP contribution in [0.1, 0.15) is 26.2 Å². The van der Waals surface area contributed by atoms with Gasteiger partial charge < -0.3 is 14.0 Å². The average molecular weight is 524 g/mol. The summed E-state index contributed by atoms with van der Waals surface area (Å²) >= 11 is 1.63. The second kappa shape index (κ2) is 10.9. The lowest BCUT2D eigenvalue weighted by molar-refractivity contribution is -0.274. The summed E-state index contributed by atoms with van der Waals surface area (Å²) in [7, 11) is 1.94. The van der Waals surface area contributed by atoms with E-state index in [9.17, 15) is 18.0 Å². The number of ketones is 1. The molecule has 0 N–H and O–H groups in total. The number of rotatable bonds is 10. The molecule has 0 bridgehead atoms. The Morgan fingerprint density at radius 1 is 1.22 bits per heavy atom. The fraction of sp³-hybridized carbons (Fsp3) is 0.500. The van der Waals surface area contributed by atoms with Crippen molar-refractivity contribution in [3.05, 3.63) is 49.3 Å². The molecular formula is C24H28F3N5O3S. The molecular weight excluding hydrogens is 495 g/mol. The fourth-order valence-corrected chi connectivity index (χ4v) is 5.63. The number of thioether (sulfide) groups is 1. The number of ether oxygens (including phenoxy) is 2. The normalized spacial score (nSPS) is 22.5. The van der Waals surface area contributed by atoms with Crippen LogP contribution in [0.5, 0.6) is 11.5 Å². The third kappa shape index (κ3) is 6.59. The third-order valence-electron chi connectivity index (χ3n) is 6.60. The van der Waals surface area contributed by atoms with Crippen LogP contribution in [0, 0.1) is 17.3 Å². The highest BCUT2D eigenvalue weighted by Gasteiger charge is 2.45. The first kappa shape index (κ1) is 26.1. The van der Waals surface area contributed by atoms with Gasteiger partial charge >= 0.3 is 6.36 Å². The molecule has 3 atom stereocenters. The Bertz CT molecular complexity index is 1140. The first-order valence-corrected chi connectivity index (χ1v) is 12.6. The molecule has 1 aliphatic rings. The van der Waals surface area contributed by atoms with Crippen molar-refractivity contribution in [1.29, 1.82) is 0 Å². The first-order valence-electron chi connectivity index (χ1n) is 11.6. The molecule has 0 spiro atoms. The molecule has 1 aromatic carbocycles. The lowest BCUT2D eigenvalue weighted by atomic mass is 9.64. The molecule has 1 fully saturated rings. The summed E-state index contributed by atoms with van der Waals surface area (Å²) in [4.78, 5) is 22.1. The summed E-state index contributed by atoms with van der Waals surface area (Å²) in [6, 6.07) is 5.27. The Balaban J connectivity index is 1.40. The molecule has 0 amide bonds. The van der Waals surface area contributed by atoms with Crippen LogP contribution in [0.4, 0.5) is 13.2 Å². The second-order valence-electron chi connectivity index (χ2n) is 9.20. The Labute approximate surface area is 211 Å². The van der Waals surface area contributed by atoms with Crippen LogP contribution < -0.4 is 9.47 Å². The minimum absolute atomic E-state index is 0.0666. The molecule has 0 unspecified atom stereocenters. The molecule has 194 valence electrons. The van der Waals surface area contributed by atoms with Gasteiger partial charge in [0.15, 0.2) is 5.16 Å². The maximum absolute atomic E-state index is 13.8. The molecule has 0 radical (unpaired) electrons.